The van der Waals surface area contributed by atoms with Crippen molar-refractivity contribution < 1.29 is 17.9 Å². The SMILES string of the molecule is CC[C@H]1C(=O)O[B]N1S(=O)(=O)c1c(C(C)C)cc(C(C)C)cc1C(C)C. The average Bonchev–Trinajstić information content (AvgIpc) is 2.94. The molecular formula is C19H29BNO4S. The lowest BCUT2D eigenvalue weighted by molar-refractivity contribution is -0.134. The molecule has 26 heavy (non-hydrogen) atoms. The number of benzene rings is 1. The molecule has 143 valence electrons. The van der Waals surface area contributed by atoms with E-state index >= 15 is 0 Å². The predicted octanol–water partition coefficient (Wildman–Crippen LogP) is 3.92. The van der Waals surface area contributed by atoms with Gasteiger partial charge in [-0.2, -0.15) is 4.22 Å². The Morgan fingerprint density at radius 1 is 1.04 bits per heavy atom. The Labute approximate surface area is 158 Å². The maximum Gasteiger partial charge on any atom is 0.498 e. The van der Waals surface area contributed by atoms with Gasteiger partial charge in [0, 0.05) is 0 Å². The molecule has 1 aliphatic rings. The van der Waals surface area contributed by atoms with Crippen molar-refractivity contribution in [3.63, 3.8) is 0 Å². The summed E-state index contributed by atoms with van der Waals surface area (Å²) in [5.74, 6) is -0.147. The summed E-state index contributed by atoms with van der Waals surface area (Å²) in [6, 6.07) is 3.19. The van der Waals surface area contributed by atoms with Crippen molar-refractivity contribution >= 4 is 23.6 Å². The second-order valence-electron chi connectivity index (χ2n) is 7.79. The van der Waals surface area contributed by atoms with Crippen molar-refractivity contribution in [3.8, 4) is 0 Å². The average molecular weight is 378 g/mol. The highest BCUT2D eigenvalue weighted by molar-refractivity contribution is 7.90. The van der Waals surface area contributed by atoms with Crippen LogP contribution in [0.2, 0.25) is 0 Å². The number of sulfonamides is 1. The zero-order valence-electron chi connectivity index (χ0n) is 16.7. The van der Waals surface area contributed by atoms with Crippen LogP contribution in [0.3, 0.4) is 0 Å². The minimum Gasteiger partial charge on any atom is -0.520 e. The minimum absolute atomic E-state index is 0.0373. The van der Waals surface area contributed by atoms with Gasteiger partial charge in [0.15, 0.2) is 0 Å². The molecule has 0 N–H and O–H groups in total. The summed E-state index contributed by atoms with van der Waals surface area (Å²) >= 11 is 0. The van der Waals surface area contributed by atoms with Crippen molar-refractivity contribution in [2.24, 2.45) is 0 Å². The van der Waals surface area contributed by atoms with Crippen LogP contribution >= 0.6 is 0 Å². The fourth-order valence-electron chi connectivity index (χ4n) is 3.22. The van der Waals surface area contributed by atoms with Crippen LogP contribution in [0.1, 0.15) is 89.3 Å². The fourth-order valence-corrected chi connectivity index (χ4v) is 5.35. The standard InChI is InChI=1S/C19H29BNO4S/c1-8-17-19(22)25-20-21(17)26(23,24)18-15(12(4)5)9-14(11(2)3)10-16(18)13(6)7/h9-13,17H,8H2,1-7H3/t17-/m0/s1. The molecule has 1 fully saturated rings. The summed E-state index contributed by atoms with van der Waals surface area (Å²) < 4.78 is 33.1. The molecule has 1 radical (unpaired) electrons. The van der Waals surface area contributed by atoms with Crippen LogP contribution in [-0.4, -0.2) is 32.3 Å². The molecule has 0 aromatic heterocycles. The third-order valence-electron chi connectivity index (χ3n) is 4.85. The van der Waals surface area contributed by atoms with E-state index in [2.05, 4.69) is 13.8 Å². The van der Waals surface area contributed by atoms with Gasteiger partial charge in [-0.05, 0) is 40.9 Å². The lowest BCUT2D eigenvalue weighted by atomic mass is 9.89. The van der Waals surface area contributed by atoms with Gasteiger partial charge in [0.1, 0.15) is 6.04 Å². The van der Waals surface area contributed by atoms with E-state index in [0.717, 1.165) is 28.5 Å². The molecule has 1 aromatic rings. The summed E-state index contributed by atoms with van der Waals surface area (Å²) in [6.07, 6.45) is 0.368. The zero-order valence-corrected chi connectivity index (χ0v) is 17.6. The number of rotatable bonds is 6. The highest BCUT2D eigenvalue weighted by atomic mass is 32.2. The molecule has 0 unspecified atom stereocenters. The molecule has 5 nitrogen and oxygen atoms in total. The van der Waals surface area contributed by atoms with E-state index in [9.17, 15) is 13.2 Å². The van der Waals surface area contributed by atoms with Gasteiger partial charge >= 0.3 is 13.6 Å². The molecule has 0 aliphatic carbocycles. The minimum atomic E-state index is -3.89. The van der Waals surface area contributed by atoms with Crippen molar-refractivity contribution in [2.45, 2.75) is 83.6 Å². The Kier molecular flexibility index (Phi) is 6.23. The first-order valence-electron chi connectivity index (χ1n) is 9.27. The number of hydrogen-bond donors (Lipinski definition) is 0. The van der Waals surface area contributed by atoms with Crippen molar-refractivity contribution in [2.75, 3.05) is 0 Å². The van der Waals surface area contributed by atoms with Gasteiger partial charge in [0.2, 0.25) is 10.0 Å². The Morgan fingerprint density at radius 3 is 1.92 bits per heavy atom. The number of hydrogen-bond acceptors (Lipinski definition) is 4. The van der Waals surface area contributed by atoms with Crippen molar-refractivity contribution in [1.29, 1.82) is 0 Å². The molecule has 2 rings (SSSR count). The molecule has 0 saturated carbocycles. The highest BCUT2D eigenvalue weighted by Gasteiger charge is 2.45. The maximum atomic E-state index is 13.5. The number of nitrogens with zero attached hydrogens (tertiary/aromatic N) is 1. The molecule has 0 amide bonds. The zero-order chi connectivity index (χ0) is 19.8. The van der Waals surface area contributed by atoms with Crippen LogP contribution in [0.25, 0.3) is 0 Å². The topological polar surface area (TPSA) is 63.7 Å². The summed E-state index contributed by atoms with van der Waals surface area (Å²) in [4.78, 5) is 12.2. The van der Waals surface area contributed by atoms with E-state index in [-0.39, 0.29) is 11.8 Å². The van der Waals surface area contributed by atoms with Crippen LogP contribution in [0.5, 0.6) is 0 Å². The van der Waals surface area contributed by atoms with E-state index < -0.39 is 22.0 Å². The van der Waals surface area contributed by atoms with Crippen molar-refractivity contribution in [3.05, 3.63) is 28.8 Å². The van der Waals surface area contributed by atoms with Gasteiger partial charge in [-0.1, -0.05) is 60.6 Å². The maximum absolute atomic E-state index is 13.5. The predicted molar refractivity (Wildman–Crippen MR) is 104 cm³/mol. The first-order chi connectivity index (χ1) is 12.0. The normalized spacial score (nSPS) is 18.7. The van der Waals surface area contributed by atoms with Gasteiger partial charge in [0.25, 0.3) is 0 Å². The molecule has 1 aliphatic heterocycles. The van der Waals surface area contributed by atoms with E-state index in [1.807, 2.05) is 39.8 Å². The molecule has 1 aromatic carbocycles. The van der Waals surface area contributed by atoms with Crippen LogP contribution in [0, 0.1) is 0 Å². The third-order valence-corrected chi connectivity index (χ3v) is 6.74. The number of carbonyl (C=O) groups excluding carboxylic acids is 1. The Morgan fingerprint density at radius 2 is 1.54 bits per heavy atom. The molecule has 1 saturated heterocycles. The van der Waals surface area contributed by atoms with Gasteiger partial charge in [0.05, 0.1) is 4.90 Å². The van der Waals surface area contributed by atoms with Gasteiger partial charge in [-0.15, -0.1) is 0 Å². The van der Waals surface area contributed by atoms with Crippen LogP contribution in [0.15, 0.2) is 17.0 Å². The van der Waals surface area contributed by atoms with Crippen LogP contribution in [0.4, 0.5) is 0 Å². The molecule has 7 heteroatoms. The molecular weight excluding hydrogens is 349 g/mol. The first-order valence-corrected chi connectivity index (χ1v) is 10.7. The largest absolute Gasteiger partial charge is 0.520 e. The first kappa shape index (κ1) is 21.0. The smallest absolute Gasteiger partial charge is 0.498 e. The van der Waals surface area contributed by atoms with E-state index in [4.69, 9.17) is 4.65 Å². The lowest BCUT2D eigenvalue weighted by Crippen LogP contribution is -2.40. The summed E-state index contributed by atoms with van der Waals surface area (Å²) in [5.41, 5.74) is 2.71. The van der Waals surface area contributed by atoms with Crippen molar-refractivity contribution in [1.82, 2.24) is 4.22 Å². The fraction of sp³-hybridized carbons (Fsp3) is 0.632. The van der Waals surface area contributed by atoms with E-state index in [0.29, 0.717) is 17.2 Å². The van der Waals surface area contributed by atoms with Gasteiger partial charge in [-0.3, -0.25) is 4.79 Å². The summed E-state index contributed by atoms with van der Waals surface area (Å²) in [5, 5.41) is 0. The van der Waals surface area contributed by atoms with Crippen LogP contribution < -0.4 is 0 Å². The molecule has 1 heterocycles. The molecule has 1 atom stereocenters. The number of carbonyl (C=O) groups is 1. The highest BCUT2D eigenvalue weighted by Crippen LogP contribution is 2.37. The lowest BCUT2D eigenvalue weighted by Gasteiger charge is -2.26. The second kappa shape index (κ2) is 7.73. The van der Waals surface area contributed by atoms with Crippen LogP contribution in [-0.2, 0) is 19.5 Å². The van der Waals surface area contributed by atoms with Gasteiger partial charge in [-0.25, -0.2) is 8.42 Å². The Hall–Kier alpha value is -1.34. The Balaban J connectivity index is 2.76. The van der Waals surface area contributed by atoms with E-state index in [1.54, 1.807) is 6.92 Å². The molecule has 0 spiro atoms. The summed E-state index contributed by atoms with van der Waals surface area (Å²) in [7, 11) is -2.84. The third kappa shape index (κ3) is 3.69. The second-order valence-corrected chi connectivity index (χ2v) is 9.57. The van der Waals surface area contributed by atoms with E-state index in [1.165, 1.54) is 0 Å². The quantitative estimate of drug-likeness (QED) is 0.704. The summed E-state index contributed by atoms with van der Waals surface area (Å²) in [6.45, 7) is 14.0. The molecule has 0 bridgehead atoms. The van der Waals surface area contributed by atoms with Gasteiger partial charge < -0.3 is 4.65 Å². The monoisotopic (exact) mass is 378 g/mol. The Bertz CT molecular complexity index is 758.